The molecule has 0 aromatic heterocycles. The maximum atomic E-state index is 13.3. The number of rotatable bonds is 5. The lowest BCUT2D eigenvalue weighted by Crippen LogP contribution is -2.37. The second kappa shape index (κ2) is 6.70. The predicted molar refractivity (Wildman–Crippen MR) is 64.2 cm³/mol. The molecular weight excluding hydrogens is 242 g/mol. The molecule has 0 radical (unpaired) electrons. The maximum absolute atomic E-state index is 13.3. The Bertz CT molecular complexity index is 438. The van der Waals surface area contributed by atoms with Crippen molar-refractivity contribution < 1.29 is 18.7 Å². The van der Waals surface area contributed by atoms with Crippen molar-refractivity contribution in [1.82, 2.24) is 4.90 Å². The van der Waals surface area contributed by atoms with Crippen LogP contribution < -0.4 is 5.32 Å². The lowest BCUT2D eigenvalue weighted by molar-refractivity contribution is 0.195. The topological polar surface area (TPSA) is 52.6 Å². The fourth-order valence-electron chi connectivity index (χ4n) is 1.34. The van der Waals surface area contributed by atoms with Crippen LogP contribution in [0.5, 0.6) is 0 Å². The minimum atomic E-state index is -0.856. The van der Waals surface area contributed by atoms with Gasteiger partial charge in [-0.2, -0.15) is 0 Å². The van der Waals surface area contributed by atoms with Gasteiger partial charge >= 0.3 is 6.03 Å². The number of aliphatic hydroxyl groups excluding tert-OH is 1. The average Bonchev–Trinajstić information content (AvgIpc) is 2.32. The number of urea groups is 1. The van der Waals surface area contributed by atoms with E-state index in [9.17, 15) is 13.6 Å². The monoisotopic (exact) mass is 256 g/mol. The van der Waals surface area contributed by atoms with Crippen LogP contribution in [-0.2, 0) is 0 Å². The van der Waals surface area contributed by atoms with Gasteiger partial charge in [0.2, 0.25) is 0 Å². The van der Waals surface area contributed by atoms with Gasteiger partial charge in [0.05, 0.1) is 12.3 Å². The first-order valence-electron chi connectivity index (χ1n) is 5.31. The van der Waals surface area contributed by atoms with Crippen molar-refractivity contribution in [2.24, 2.45) is 0 Å². The zero-order valence-electron chi connectivity index (χ0n) is 9.70. The Labute approximate surface area is 104 Å². The molecule has 0 saturated heterocycles. The summed E-state index contributed by atoms with van der Waals surface area (Å²) >= 11 is 0. The van der Waals surface area contributed by atoms with Gasteiger partial charge in [-0.25, -0.2) is 13.6 Å². The smallest absolute Gasteiger partial charge is 0.322 e. The number of carbonyl (C=O) groups excluding carboxylic acids is 1. The molecule has 0 fully saturated rings. The summed E-state index contributed by atoms with van der Waals surface area (Å²) in [6.07, 6.45) is 1.48. The van der Waals surface area contributed by atoms with Gasteiger partial charge in [0, 0.05) is 19.2 Å². The van der Waals surface area contributed by atoms with Gasteiger partial charge < -0.3 is 15.3 Å². The fourth-order valence-corrected chi connectivity index (χ4v) is 1.34. The number of nitrogens with one attached hydrogen (secondary N) is 1. The lowest BCUT2D eigenvalue weighted by Gasteiger charge is -2.20. The van der Waals surface area contributed by atoms with Crippen LogP contribution in [-0.4, -0.2) is 35.7 Å². The molecular formula is C12H14F2N2O2. The number of benzene rings is 1. The third-order valence-electron chi connectivity index (χ3n) is 2.18. The molecule has 2 N–H and O–H groups in total. The van der Waals surface area contributed by atoms with E-state index >= 15 is 0 Å². The van der Waals surface area contributed by atoms with Gasteiger partial charge in [-0.1, -0.05) is 6.08 Å². The largest absolute Gasteiger partial charge is 0.395 e. The molecule has 0 bridgehead atoms. The second-order valence-corrected chi connectivity index (χ2v) is 3.51. The summed E-state index contributed by atoms with van der Waals surface area (Å²) < 4.78 is 26.0. The Kier molecular flexibility index (Phi) is 5.26. The summed E-state index contributed by atoms with van der Waals surface area (Å²) in [5, 5.41) is 11.1. The Morgan fingerprint density at radius 2 is 2.22 bits per heavy atom. The zero-order valence-corrected chi connectivity index (χ0v) is 9.70. The van der Waals surface area contributed by atoms with Crippen LogP contribution in [0.25, 0.3) is 0 Å². The number of halogens is 2. The van der Waals surface area contributed by atoms with Gasteiger partial charge in [0.1, 0.15) is 11.6 Å². The average molecular weight is 256 g/mol. The summed E-state index contributed by atoms with van der Waals surface area (Å²) in [7, 11) is 0. The first-order chi connectivity index (χ1) is 8.58. The van der Waals surface area contributed by atoms with E-state index in [2.05, 4.69) is 11.9 Å². The van der Waals surface area contributed by atoms with Crippen LogP contribution in [0.3, 0.4) is 0 Å². The van der Waals surface area contributed by atoms with Crippen molar-refractivity contribution >= 4 is 11.7 Å². The zero-order chi connectivity index (χ0) is 13.5. The van der Waals surface area contributed by atoms with Gasteiger partial charge in [-0.3, -0.25) is 0 Å². The Hall–Kier alpha value is -1.95. The molecule has 0 saturated carbocycles. The van der Waals surface area contributed by atoms with E-state index in [0.29, 0.717) is 6.07 Å². The van der Waals surface area contributed by atoms with Gasteiger partial charge in [0.15, 0.2) is 0 Å². The van der Waals surface area contributed by atoms with E-state index in [0.717, 1.165) is 12.1 Å². The normalized spacial score (nSPS) is 9.94. The van der Waals surface area contributed by atoms with E-state index < -0.39 is 17.7 Å². The molecule has 98 valence electrons. The number of amides is 2. The highest BCUT2D eigenvalue weighted by molar-refractivity contribution is 5.89. The van der Waals surface area contributed by atoms with Gasteiger partial charge in [-0.05, 0) is 12.1 Å². The molecule has 18 heavy (non-hydrogen) atoms. The summed E-state index contributed by atoms with van der Waals surface area (Å²) in [5.41, 5.74) is -0.117. The van der Waals surface area contributed by atoms with Gasteiger partial charge in [0.25, 0.3) is 0 Å². The van der Waals surface area contributed by atoms with Crippen LogP contribution in [0.2, 0.25) is 0 Å². The van der Waals surface area contributed by atoms with E-state index in [4.69, 9.17) is 5.11 Å². The predicted octanol–water partition coefficient (Wildman–Crippen LogP) is 1.98. The highest BCUT2D eigenvalue weighted by Gasteiger charge is 2.13. The summed E-state index contributed by atoms with van der Waals surface area (Å²) in [5.74, 6) is -1.57. The van der Waals surface area contributed by atoms with E-state index in [-0.39, 0.29) is 25.4 Å². The third kappa shape index (κ3) is 3.81. The van der Waals surface area contributed by atoms with Crippen molar-refractivity contribution in [3.63, 3.8) is 0 Å². The Morgan fingerprint density at radius 3 is 2.78 bits per heavy atom. The Balaban J connectivity index is 2.75. The first kappa shape index (κ1) is 14.1. The second-order valence-electron chi connectivity index (χ2n) is 3.51. The van der Waals surface area contributed by atoms with E-state index in [1.807, 2.05) is 0 Å². The molecule has 2 amide bonds. The first-order valence-corrected chi connectivity index (χ1v) is 5.31. The molecule has 1 rings (SSSR count). The van der Waals surface area contributed by atoms with Crippen molar-refractivity contribution in [3.8, 4) is 0 Å². The molecule has 0 atom stereocenters. The van der Waals surface area contributed by atoms with Gasteiger partial charge in [-0.15, -0.1) is 6.58 Å². The van der Waals surface area contributed by atoms with E-state index in [1.165, 1.54) is 11.0 Å². The molecule has 0 unspecified atom stereocenters. The number of carbonyl (C=O) groups is 1. The van der Waals surface area contributed by atoms with Crippen LogP contribution in [0.15, 0.2) is 30.9 Å². The van der Waals surface area contributed by atoms with E-state index in [1.54, 1.807) is 0 Å². The summed E-state index contributed by atoms with van der Waals surface area (Å²) in [6, 6.07) is 2.27. The van der Waals surface area contributed by atoms with Crippen LogP contribution in [0.1, 0.15) is 0 Å². The summed E-state index contributed by atoms with van der Waals surface area (Å²) in [6.45, 7) is 3.57. The number of hydrogen-bond acceptors (Lipinski definition) is 2. The molecule has 4 nitrogen and oxygen atoms in total. The van der Waals surface area contributed by atoms with Crippen molar-refractivity contribution in [3.05, 3.63) is 42.5 Å². The Morgan fingerprint density at radius 1 is 1.50 bits per heavy atom. The molecule has 0 spiro atoms. The lowest BCUT2D eigenvalue weighted by atomic mass is 10.3. The molecule has 1 aromatic carbocycles. The molecule has 6 heteroatoms. The van der Waals surface area contributed by atoms with Crippen molar-refractivity contribution in [1.29, 1.82) is 0 Å². The SMILES string of the molecule is C=CCN(CCO)C(=O)Nc1ccc(F)cc1F. The molecule has 0 aliphatic heterocycles. The van der Waals surface area contributed by atoms with Crippen molar-refractivity contribution in [2.75, 3.05) is 25.0 Å². The van der Waals surface area contributed by atoms with Crippen LogP contribution in [0, 0.1) is 11.6 Å². The van der Waals surface area contributed by atoms with Crippen LogP contribution >= 0.6 is 0 Å². The fraction of sp³-hybridized carbons (Fsp3) is 0.250. The minimum absolute atomic E-state index is 0.0979. The molecule has 1 aromatic rings. The highest BCUT2D eigenvalue weighted by atomic mass is 19.1. The number of aliphatic hydroxyl groups is 1. The number of anilines is 1. The van der Waals surface area contributed by atoms with Crippen molar-refractivity contribution in [2.45, 2.75) is 0 Å². The summed E-state index contributed by atoms with van der Waals surface area (Å²) in [4.78, 5) is 13.0. The third-order valence-corrected chi connectivity index (χ3v) is 2.18. The molecule has 0 aliphatic rings. The number of nitrogens with zero attached hydrogens (tertiary/aromatic N) is 1. The minimum Gasteiger partial charge on any atom is -0.395 e. The number of hydrogen-bond donors (Lipinski definition) is 2. The maximum Gasteiger partial charge on any atom is 0.322 e. The standard InChI is InChI=1S/C12H14F2N2O2/c1-2-5-16(6-7-17)12(18)15-11-4-3-9(13)8-10(11)14/h2-4,8,17H,1,5-7H2,(H,15,18). The van der Waals surface area contributed by atoms with Crippen LogP contribution in [0.4, 0.5) is 19.3 Å². The molecule has 0 heterocycles. The highest BCUT2D eigenvalue weighted by Crippen LogP contribution is 2.15. The quantitative estimate of drug-likeness (QED) is 0.791. The molecule has 0 aliphatic carbocycles.